The van der Waals surface area contributed by atoms with Gasteiger partial charge in [-0.05, 0) is 23.3 Å². The third-order valence-corrected chi connectivity index (χ3v) is 6.95. The van der Waals surface area contributed by atoms with Crippen LogP contribution in [0.4, 0.5) is 0 Å². The molecule has 0 bridgehead atoms. The maximum absolute atomic E-state index is 12.4. The summed E-state index contributed by atoms with van der Waals surface area (Å²) in [6.07, 6.45) is 0.340. The molecular formula is C20H22Cl2N2O2S. The minimum absolute atomic E-state index is 0.0418. The number of halogens is 2. The largest absolute Gasteiger partial charge is 0.355 e. The zero-order chi connectivity index (χ0) is 19.2. The van der Waals surface area contributed by atoms with Crippen molar-refractivity contribution in [3.05, 3.63) is 69.7 Å². The second kappa shape index (κ2) is 9.69. The summed E-state index contributed by atoms with van der Waals surface area (Å²) in [7, 11) is -0.931. The smallest absolute Gasteiger partial charge is 0.224 e. The highest BCUT2D eigenvalue weighted by molar-refractivity contribution is 7.85. The number of carbonyl (C=O) groups is 1. The average molecular weight is 425 g/mol. The van der Waals surface area contributed by atoms with E-state index >= 15 is 0 Å². The topological polar surface area (TPSA) is 49.4 Å². The standard InChI is InChI=1S/C20H22Cl2N2O2S/c21-18-7-6-16(10-19(18)22)13-24-8-9-27(26)17(14-24)12-23-20(25)11-15-4-2-1-3-5-15/h1-7,10,17H,8-9,11-14H2,(H,23,25). The maximum atomic E-state index is 12.4. The van der Waals surface area contributed by atoms with Gasteiger partial charge in [0.05, 0.1) is 21.7 Å². The lowest BCUT2D eigenvalue weighted by molar-refractivity contribution is -0.120. The van der Waals surface area contributed by atoms with Crippen molar-refractivity contribution in [2.24, 2.45) is 0 Å². The number of hydrogen-bond donors (Lipinski definition) is 1. The third-order valence-electron chi connectivity index (χ3n) is 4.57. The molecule has 1 amide bonds. The fourth-order valence-corrected chi connectivity index (χ4v) is 4.86. The molecule has 1 saturated heterocycles. The summed E-state index contributed by atoms with van der Waals surface area (Å²) >= 11 is 12.1. The summed E-state index contributed by atoms with van der Waals surface area (Å²) < 4.78 is 12.4. The van der Waals surface area contributed by atoms with Gasteiger partial charge in [-0.15, -0.1) is 0 Å². The van der Waals surface area contributed by atoms with E-state index in [4.69, 9.17) is 23.2 Å². The summed E-state index contributed by atoms with van der Waals surface area (Å²) in [6, 6.07) is 15.2. The SMILES string of the molecule is O=C(Cc1ccccc1)NCC1CN(Cc2ccc(Cl)c(Cl)c2)CCS1=O. The summed E-state index contributed by atoms with van der Waals surface area (Å²) in [5.74, 6) is 0.570. The van der Waals surface area contributed by atoms with E-state index in [2.05, 4.69) is 10.2 Å². The quantitative estimate of drug-likeness (QED) is 0.773. The van der Waals surface area contributed by atoms with Crippen LogP contribution in [-0.2, 0) is 28.6 Å². The molecule has 144 valence electrons. The van der Waals surface area contributed by atoms with Gasteiger partial charge in [-0.3, -0.25) is 13.9 Å². The summed E-state index contributed by atoms with van der Waals surface area (Å²) in [5.41, 5.74) is 2.05. The van der Waals surface area contributed by atoms with Gasteiger partial charge in [-0.1, -0.05) is 59.6 Å². The Kier molecular flexibility index (Phi) is 7.30. The first-order chi connectivity index (χ1) is 13.0. The van der Waals surface area contributed by atoms with Gasteiger partial charge in [0.2, 0.25) is 5.91 Å². The Balaban J connectivity index is 1.51. The molecule has 2 atom stereocenters. The normalized spacial score (nSPS) is 20.4. The Morgan fingerprint density at radius 1 is 1.11 bits per heavy atom. The van der Waals surface area contributed by atoms with Gasteiger partial charge in [0.15, 0.2) is 0 Å². The number of amides is 1. The van der Waals surface area contributed by atoms with Crippen LogP contribution in [0.5, 0.6) is 0 Å². The van der Waals surface area contributed by atoms with Crippen molar-refractivity contribution in [1.29, 1.82) is 0 Å². The van der Waals surface area contributed by atoms with Crippen LogP contribution in [0, 0.1) is 0 Å². The van der Waals surface area contributed by atoms with Crippen molar-refractivity contribution < 1.29 is 9.00 Å². The fourth-order valence-electron chi connectivity index (χ4n) is 3.12. The molecule has 1 fully saturated rings. The van der Waals surface area contributed by atoms with Crippen LogP contribution in [0.3, 0.4) is 0 Å². The number of nitrogens with zero attached hydrogens (tertiary/aromatic N) is 1. The summed E-state index contributed by atoms with van der Waals surface area (Å²) in [4.78, 5) is 14.4. The maximum Gasteiger partial charge on any atom is 0.224 e. The number of hydrogen-bond acceptors (Lipinski definition) is 3. The fraction of sp³-hybridized carbons (Fsp3) is 0.350. The monoisotopic (exact) mass is 424 g/mol. The van der Waals surface area contributed by atoms with Gasteiger partial charge in [-0.25, -0.2) is 0 Å². The van der Waals surface area contributed by atoms with Crippen molar-refractivity contribution in [3.63, 3.8) is 0 Å². The van der Waals surface area contributed by atoms with Crippen LogP contribution >= 0.6 is 23.2 Å². The number of benzene rings is 2. The Hall–Kier alpha value is -1.40. The Morgan fingerprint density at radius 3 is 2.63 bits per heavy atom. The highest BCUT2D eigenvalue weighted by Crippen LogP contribution is 2.23. The molecule has 4 nitrogen and oxygen atoms in total. The average Bonchev–Trinajstić information content (AvgIpc) is 2.66. The predicted molar refractivity (Wildman–Crippen MR) is 112 cm³/mol. The molecule has 7 heteroatoms. The van der Waals surface area contributed by atoms with E-state index in [0.717, 1.165) is 24.2 Å². The molecule has 27 heavy (non-hydrogen) atoms. The van der Waals surface area contributed by atoms with E-state index in [1.807, 2.05) is 42.5 Å². The number of nitrogens with one attached hydrogen (secondary N) is 1. The second-order valence-electron chi connectivity index (χ2n) is 6.66. The van der Waals surface area contributed by atoms with Crippen molar-refractivity contribution in [2.75, 3.05) is 25.4 Å². The molecule has 2 unspecified atom stereocenters. The Bertz CT molecular complexity index is 817. The van der Waals surface area contributed by atoms with E-state index in [-0.39, 0.29) is 11.2 Å². The molecule has 0 spiro atoms. The van der Waals surface area contributed by atoms with Crippen LogP contribution in [0.15, 0.2) is 48.5 Å². The van der Waals surface area contributed by atoms with Crippen LogP contribution < -0.4 is 5.32 Å². The summed E-state index contributed by atoms with van der Waals surface area (Å²) in [6.45, 7) is 2.60. The molecule has 2 aromatic carbocycles. The lowest BCUT2D eigenvalue weighted by atomic mass is 10.1. The molecule has 3 rings (SSSR count). The first kappa shape index (κ1) is 20.3. The zero-order valence-corrected chi connectivity index (χ0v) is 17.2. The molecule has 2 aromatic rings. The minimum Gasteiger partial charge on any atom is -0.355 e. The van der Waals surface area contributed by atoms with E-state index in [9.17, 15) is 9.00 Å². The van der Waals surface area contributed by atoms with Gasteiger partial charge in [-0.2, -0.15) is 0 Å². The van der Waals surface area contributed by atoms with Gasteiger partial charge in [0, 0.05) is 42.7 Å². The lowest BCUT2D eigenvalue weighted by Gasteiger charge is -2.32. The highest BCUT2D eigenvalue weighted by atomic mass is 35.5. The van der Waals surface area contributed by atoms with Gasteiger partial charge in [0.1, 0.15) is 0 Å². The molecule has 0 saturated carbocycles. The first-order valence-electron chi connectivity index (χ1n) is 8.85. The third kappa shape index (κ3) is 6.04. The molecule has 1 heterocycles. The van der Waals surface area contributed by atoms with Crippen molar-refractivity contribution in [1.82, 2.24) is 10.2 Å². The Labute approximate surface area is 172 Å². The molecular weight excluding hydrogens is 403 g/mol. The molecule has 0 aromatic heterocycles. The van der Waals surface area contributed by atoms with Crippen LogP contribution in [0.1, 0.15) is 11.1 Å². The van der Waals surface area contributed by atoms with E-state index in [0.29, 0.717) is 35.3 Å². The van der Waals surface area contributed by atoms with Gasteiger partial charge >= 0.3 is 0 Å². The number of carbonyl (C=O) groups excluding carboxylic acids is 1. The highest BCUT2D eigenvalue weighted by Gasteiger charge is 2.26. The van der Waals surface area contributed by atoms with Crippen molar-refractivity contribution >= 4 is 39.9 Å². The van der Waals surface area contributed by atoms with Crippen LogP contribution in [-0.4, -0.2) is 45.7 Å². The molecule has 1 aliphatic rings. The Morgan fingerprint density at radius 2 is 1.89 bits per heavy atom. The van der Waals surface area contributed by atoms with Crippen LogP contribution in [0.2, 0.25) is 10.0 Å². The minimum atomic E-state index is -0.931. The van der Waals surface area contributed by atoms with Gasteiger partial charge < -0.3 is 5.32 Å². The predicted octanol–water partition coefficient (Wildman–Crippen LogP) is 3.29. The molecule has 1 N–H and O–H groups in total. The first-order valence-corrected chi connectivity index (χ1v) is 11.0. The molecule has 0 radical (unpaired) electrons. The van der Waals surface area contributed by atoms with E-state index < -0.39 is 10.8 Å². The zero-order valence-electron chi connectivity index (χ0n) is 14.9. The van der Waals surface area contributed by atoms with E-state index in [1.54, 1.807) is 6.07 Å². The van der Waals surface area contributed by atoms with Crippen molar-refractivity contribution in [3.8, 4) is 0 Å². The van der Waals surface area contributed by atoms with E-state index in [1.165, 1.54) is 0 Å². The molecule has 1 aliphatic heterocycles. The lowest BCUT2D eigenvalue weighted by Crippen LogP contribution is -2.48. The van der Waals surface area contributed by atoms with Crippen LogP contribution in [0.25, 0.3) is 0 Å². The van der Waals surface area contributed by atoms with Gasteiger partial charge in [0.25, 0.3) is 0 Å². The van der Waals surface area contributed by atoms with Crippen molar-refractivity contribution in [2.45, 2.75) is 18.2 Å². The molecule has 0 aliphatic carbocycles. The second-order valence-corrected chi connectivity index (χ2v) is 9.31. The summed E-state index contributed by atoms with van der Waals surface area (Å²) in [5, 5.41) is 3.95. The number of rotatable bonds is 6.